The molecular formula is C16H19FN4O. The predicted molar refractivity (Wildman–Crippen MR) is 80.4 cm³/mol. The molecule has 0 saturated carbocycles. The van der Waals surface area contributed by atoms with Gasteiger partial charge in [0.15, 0.2) is 0 Å². The van der Waals surface area contributed by atoms with Crippen molar-refractivity contribution in [2.75, 3.05) is 24.6 Å². The third kappa shape index (κ3) is 2.13. The van der Waals surface area contributed by atoms with E-state index in [4.69, 9.17) is 10.5 Å². The van der Waals surface area contributed by atoms with Crippen LogP contribution in [0.3, 0.4) is 0 Å². The molecule has 4 rings (SSSR count). The third-order valence-corrected chi connectivity index (χ3v) is 4.89. The van der Waals surface area contributed by atoms with E-state index in [1.54, 1.807) is 0 Å². The molecule has 3 aliphatic heterocycles. The largest absolute Gasteiger partial charge is 0.490 e. The molecule has 0 aliphatic carbocycles. The Labute approximate surface area is 128 Å². The molecule has 0 aromatic heterocycles. The molecule has 3 atom stereocenters. The Hall–Kier alpha value is -1.84. The molecule has 3 N–H and O–H groups in total. The summed E-state index contributed by atoms with van der Waals surface area (Å²) in [4.78, 5) is 2.12. The Morgan fingerprint density at radius 1 is 1.36 bits per heavy atom. The van der Waals surface area contributed by atoms with Crippen molar-refractivity contribution < 1.29 is 9.13 Å². The second kappa shape index (κ2) is 5.11. The zero-order valence-electron chi connectivity index (χ0n) is 12.3. The van der Waals surface area contributed by atoms with Crippen molar-refractivity contribution >= 4 is 5.69 Å². The summed E-state index contributed by atoms with van der Waals surface area (Å²) >= 11 is 0. The van der Waals surface area contributed by atoms with Gasteiger partial charge >= 0.3 is 0 Å². The number of rotatable bonds is 1. The Balaban J connectivity index is 1.77. The topological polar surface area (TPSA) is 74.3 Å². The summed E-state index contributed by atoms with van der Waals surface area (Å²) in [5, 5.41) is 13.1. The number of ether oxygens (including phenoxy) is 1. The van der Waals surface area contributed by atoms with Crippen molar-refractivity contribution in [2.45, 2.75) is 37.4 Å². The van der Waals surface area contributed by atoms with Gasteiger partial charge in [-0.05, 0) is 25.3 Å². The van der Waals surface area contributed by atoms with E-state index in [1.165, 1.54) is 6.07 Å². The normalized spacial score (nSPS) is 29.7. The van der Waals surface area contributed by atoms with Crippen LogP contribution in [-0.4, -0.2) is 37.8 Å². The molecule has 5 nitrogen and oxygen atoms in total. The molecular weight excluding hydrogens is 283 g/mol. The first kappa shape index (κ1) is 13.8. The highest BCUT2D eigenvalue weighted by Crippen LogP contribution is 2.38. The third-order valence-electron chi connectivity index (χ3n) is 4.89. The van der Waals surface area contributed by atoms with Gasteiger partial charge in [-0.3, -0.25) is 0 Å². The maximum absolute atomic E-state index is 14.5. The van der Waals surface area contributed by atoms with Crippen molar-refractivity contribution in [3.63, 3.8) is 0 Å². The van der Waals surface area contributed by atoms with Crippen molar-refractivity contribution in [2.24, 2.45) is 5.73 Å². The lowest BCUT2D eigenvalue weighted by Crippen LogP contribution is -2.51. The van der Waals surface area contributed by atoms with E-state index in [0.717, 1.165) is 25.9 Å². The van der Waals surface area contributed by atoms with Crippen LogP contribution in [0.5, 0.6) is 5.75 Å². The van der Waals surface area contributed by atoms with Crippen LogP contribution in [0.4, 0.5) is 10.1 Å². The van der Waals surface area contributed by atoms with Crippen LogP contribution in [0.25, 0.3) is 0 Å². The molecule has 0 amide bonds. The number of piperazine rings is 1. The highest BCUT2D eigenvalue weighted by atomic mass is 19.1. The maximum Gasteiger partial charge on any atom is 0.145 e. The van der Waals surface area contributed by atoms with Gasteiger partial charge in [0.2, 0.25) is 0 Å². The minimum atomic E-state index is -0.315. The standard InChI is InChI=1S/C16H19FN4O/c17-14-4-15(21-6-10-1-2-11(7-21)20-10)13(5-18)16-12(14)3-9(19)8-22-16/h4,9-11,20H,1-3,6-8,19H2/t9-,10?,11?/m1/s1. The smallest absolute Gasteiger partial charge is 0.145 e. The zero-order chi connectivity index (χ0) is 15.3. The SMILES string of the molecule is N#Cc1c(N2CC3CCC(C2)N3)cc(F)c2c1OC[C@H](N)C2. The molecule has 2 bridgehead atoms. The highest BCUT2D eigenvalue weighted by molar-refractivity contribution is 5.68. The molecule has 2 unspecified atom stereocenters. The van der Waals surface area contributed by atoms with Crippen molar-refractivity contribution in [3.8, 4) is 11.8 Å². The second-order valence-corrected chi connectivity index (χ2v) is 6.49. The van der Waals surface area contributed by atoms with Crippen LogP contribution in [0, 0.1) is 17.1 Å². The summed E-state index contributed by atoms with van der Waals surface area (Å²) in [5.41, 5.74) is 7.39. The first-order valence-corrected chi connectivity index (χ1v) is 7.80. The minimum Gasteiger partial charge on any atom is -0.490 e. The molecule has 2 saturated heterocycles. The van der Waals surface area contributed by atoms with E-state index in [2.05, 4.69) is 16.3 Å². The second-order valence-electron chi connectivity index (χ2n) is 6.49. The Morgan fingerprint density at radius 2 is 2.09 bits per heavy atom. The number of fused-ring (bicyclic) bond motifs is 3. The van der Waals surface area contributed by atoms with E-state index in [9.17, 15) is 9.65 Å². The fraction of sp³-hybridized carbons (Fsp3) is 0.562. The van der Waals surface area contributed by atoms with Crippen LogP contribution in [0.1, 0.15) is 24.0 Å². The molecule has 0 spiro atoms. The average Bonchev–Trinajstić information content (AvgIpc) is 2.86. The Kier molecular flexibility index (Phi) is 3.21. The average molecular weight is 302 g/mol. The number of anilines is 1. The summed E-state index contributed by atoms with van der Waals surface area (Å²) in [5.74, 6) is 0.0788. The van der Waals surface area contributed by atoms with E-state index < -0.39 is 0 Å². The van der Waals surface area contributed by atoms with Gasteiger partial charge in [0, 0.05) is 36.8 Å². The summed E-state index contributed by atoms with van der Waals surface area (Å²) in [6, 6.07) is 4.35. The van der Waals surface area contributed by atoms with Crippen molar-refractivity contribution in [3.05, 3.63) is 23.0 Å². The van der Waals surface area contributed by atoms with Crippen LogP contribution in [-0.2, 0) is 6.42 Å². The van der Waals surface area contributed by atoms with Gasteiger partial charge < -0.3 is 20.7 Å². The van der Waals surface area contributed by atoms with Gasteiger partial charge in [-0.25, -0.2) is 4.39 Å². The number of halogens is 1. The molecule has 0 radical (unpaired) electrons. The summed E-state index contributed by atoms with van der Waals surface area (Å²) in [6.45, 7) is 1.95. The van der Waals surface area contributed by atoms with Gasteiger partial charge in [-0.15, -0.1) is 0 Å². The number of hydrogen-bond donors (Lipinski definition) is 2. The summed E-state index contributed by atoms with van der Waals surface area (Å²) < 4.78 is 20.1. The molecule has 116 valence electrons. The number of nitriles is 1. The molecule has 3 heterocycles. The number of benzene rings is 1. The monoisotopic (exact) mass is 302 g/mol. The van der Waals surface area contributed by atoms with E-state index in [0.29, 0.717) is 47.7 Å². The fourth-order valence-corrected chi connectivity index (χ4v) is 3.87. The van der Waals surface area contributed by atoms with E-state index in [-0.39, 0.29) is 11.9 Å². The lowest BCUT2D eigenvalue weighted by molar-refractivity contribution is 0.258. The number of nitrogens with one attached hydrogen (secondary N) is 1. The molecule has 22 heavy (non-hydrogen) atoms. The molecule has 1 aromatic rings. The minimum absolute atomic E-state index is 0.213. The molecule has 6 heteroatoms. The summed E-state index contributed by atoms with van der Waals surface area (Å²) in [6.07, 6.45) is 2.70. The lowest BCUT2D eigenvalue weighted by atomic mass is 9.97. The number of hydrogen-bond acceptors (Lipinski definition) is 5. The van der Waals surface area contributed by atoms with E-state index in [1.807, 2.05) is 0 Å². The van der Waals surface area contributed by atoms with Crippen LogP contribution in [0.2, 0.25) is 0 Å². The molecule has 2 fully saturated rings. The van der Waals surface area contributed by atoms with Crippen molar-refractivity contribution in [1.82, 2.24) is 5.32 Å². The highest BCUT2D eigenvalue weighted by Gasteiger charge is 2.35. The van der Waals surface area contributed by atoms with Gasteiger partial charge in [-0.1, -0.05) is 0 Å². The number of nitrogens with zero attached hydrogens (tertiary/aromatic N) is 2. The molecule has 1 aromatic carbocycles. The molecule has 3 aliphatic rings. The fourth-order valence-electron chi connectivity index (χ4n) is 3.87. The lowest BCUT2D eigenvalue weighted by Gasteiger charge is -2.36. The maximum atomic E-state index is 14.5. The first-order valence-electron chi connectivity index (χ1n) is 7.80. The van der Waals surface area contributed by atoms with Gasteiger partial charge in [0.05, 0.1) is 5.69 Å². The predicted octanol–water partition coefficient (Wildman–Crippen LogP) is 0.900. The van der Waals surface area contributed by atoms with Gasteiger partial charge in [0.25, 0.3) is 0 Å². The van der Waals surface area contributed by atoms with E-state index >= 15 is 0 Å². The first-order chi connectivity index (χ1) is 10.7. The van der Waals surface area contributed by atoms with Crippen molar-refractivity contribution in [1.29, 1.82) is 5.26 Å². The summed E-state index contributed by atoms with van der Waals surface area (Å²) in [7, 11) is 0. The van der Waals surface area contributed by atoms with Gasteiger partial charge in [0.1, 0.15) is 29.8 Å². The zero-order valence-corrected chi connectivity index (χ0v) is 12.3. The Bertz CT molecular complexity index is 645. The van der Waals surface area contributed by atoms with Crippen LogP contribution < -0.4 is 20.7 Å². The Morgan fingerprint density at radius 3 is 2.77 bits per heavy atom. The van der Waals surface area contributed by atoms with Gasteiger partial charge in [-0.2, -0.15) is 5.26 Å². The quantitative estimate of drug-likeness (QED) is 0.806. The van der Waals surface area contributed by atoms with Crippen LogP contribution in [0.15, 0.2) is 6.07 Å². The van der Waals surface area contributed by atoms with Crippen LogP contribution >= 0.6 is 0 Å². The number of nitrogens with two attached hydrogens (primary N) is 1.